The van der Waals surface area contributed by atoms with Crippen molar-refractivity contribution in [2.45, 2.75) is 20.4 Å². The molecule has 25 heavy (non-hydrogen) atoms. The van der Waals surface area contributed by atoms with E-state index in [1.54, 1.807) is 6.07 Å². The molecule has 0 heterocycles. The van der Waals surface area contributed by atoms with Gasteiger partial charge in [0.25, 0.3) is 0 Å². The Balaban J connectivity index is 2.03. The number of hydrogen-bond acceptors (Lipinski definition) is 2. The second-order valence-corrected chi connectivity index (χ2v) is 5.98. The van der Waals surface area contributed by atoms with Crippen molar-refractivity contribution in [3.05, 3.63) is 65.5 Å². The first kappa shape index (κ1) is 18.5. The van der Waals surface area contributed by atoms with Crippen LogP contribution in [0.3, 0.4) is 0 Å². The number of benzene rings is 2. The Morgan fingerprint density at radius 2 is 1.60 bits per heavy atom. The monoisotopic (exact) mass is 350 g/mol. The van der Waals surface area contributed by atoms with E-state index in [0.29, 0.717) is 0 Å². The molecule has 2 aromatic carbocycles. The summed E-state index contributed by atoms with van der Waals surface area (Å²) >= 11 is 0. The number of hydrogen-bond donors (Lipinski definition) is 2. The maximum absolute atomic E-state index is 13.6. The molecule has 0 aromatic heterocycles. The molecule has 0 bridgehead atoms. The number of carbonyl (C=O) groups excluding carboxylic acids is 2. The van der Waals surface area contributed by atoms with Crippen molar-refractivity contribution in [2.24, 2.45) is 5.41 Å². The lowest BCUT2D eigenvalue weighted by atomic mass is 9.90. The van der Waals surface area contributed by atoms with Crippen molar-refractivity contribution >= 4 is 17.5 Å². The minimum atomic E-state index is -1.50. The van der Waals surface area contributed by atoms with Crippen LogP contribution < -0.4 is 10.6 Å². The minimum Gasteiger partial charge on any atom is -0.351 e. The topological polar surface area (TPSA) is 58.2 Å². The zero-order chi connectivity index (χ0) is 18.6. The van der Waals surface area contributed by atoms with Gasteiger partial charge in [0.2, 0.25) is 11.8 Å². The van der Waals surface area contributed by atoms with Crippen LogP contribution in [0.4, 0.5) is 18.9 Å². The minimum absolute atomic E-state index is 0.0267. The van der Waals surface area contributed by atoms with E-state index in [0.717, 1.165) is 12.1 Å². The van der Waals surface area contributed by atoms with Gasteiger partial charge in [-0.25, -0.2) is 13.2 Å². The van der Waals surface area contributed by atoms with E-state index in [1.807, 2.05) is 0 Å². The van der Waals surface area contributed by atoms with Gasteiger partial charge in [0, 0.05) is 23.9 Å². The number of carbonyl (C=O) groups is 2. The molecule has 132 valence electrons. The number of halogens is 3. The third kappa shape index (κ3) is 4.37. The van der Waals surface area contributed by atoms with Gasteiger partial charge in [-0.1, -0.05) is 18.2 Å². The molecule has 0 fully saturated rings. The molecule has 2 rings (SSSR count). The second-order valence-electron chi connectivity index (χ2n) is 5.98. The van der Waals surface area contributed by atoms with E-state index < -0.39 is 34.7 Å². The summed E-state index contributed by atoms with van der Waals surface area (Å²) in [6.07, 6.45) is 0. The summed E-state index contributed by atoms with van der Waals surface area (Å²) in [5, 5.41) is 4.85. The van der Waals surface area contributed by atoms with Crippen molar-refractivity contribution < 1.29 is 22.8 Å². The lowest BCUT2D eigenvalue weighted by Crippen LogP contribution is -2.45. The molecule has 7 heteroatoms. The Morgan fingerprint density at radius 1 is 0.920 bits per heavy atom. The standard InChI is InChI=1S/C18H17F3N2O2/c1-18(2,16(24)22-10-11-5-3-4-6-13(11)19)17(25)23-12-7-8-14(20)15(21)9-12/h3-9H,10H2,1-2H3,(H,22,24)(H,23,25). The normalized spacial score (nSPS) is 11.1. The van der Waals surface area contributed by atoms with E-state index in [2.05, 4.69) is 10.6 Å². The Kier molecular flexibility index (Phi) is 5.46. The van der Waals surface area contributed by atoms with Crippen LogP contribution >= 0.6 is 0 Å². The number of anilines is 1. The van der Waals surface area contributed by atoms with Crippen LogP contribution in [0.1, 0.15) is 19.4 Å². The fourth-order valence-electron chi connectivity index (χ4n) is 2.00. The predicted octanol–water partition coefficient (Wildman–Crippen LogP) is 3.39. The van der Waals surface area contributed by atoms with Crippen molar-refractivity contribution in [3.8, 4) is 0 Å². The Hall–Kier alpha value is -2.83. The van der Waals surface area contributed by atoms with Gasteiger partial charge >= 0.3 is 0 Å². The van der Waals surface area contributed by atoms with E-state index in [4.69, 9.17) is 0 Å². The first-order valence-corrected chi connectivity index (χ1v) is 7.50. The predicted molar refractivity (Wildman–Crippen MR) is 87.0 cm³/mol. The van der Waals surface area contributed by atoms with Gasteiger partial charge in [0.15, 0.2) is 11.6 Å². The molecule has 2 N–H and O–H groups in total. The highest BCUT2D eigenvalue weighted by molar-refractivity contribution is 6.09. The first-order chi connectivity index (χ1) is 11.7. The molecule has 0 radical (unpaired) electrons. The molecule has 0 atom stereocenters. The van der Waals surface area contributed by atoms with Crippen LogP contribution in [0, 0.1) is 22.9 Å². The average Bonchev–Trinajstić information content (AvgIpc) is 2.57. The number of nitrogens with one attached hydrogen (secondary N) is 2. The van der Waals surface area contributed by atoms with E-state index in [-0.39, 0.29) is 17.8 Å². The lowest BCUT2D eigenvalue weighted by molar-refractivity contribution is -0.138. The van der Waals surface area contributed by atoms with Crippen molar-refractivity contribution in [2.75, 3.05) is 5.32 Å². The van der Waals surface area contributed by atoms with E-state index >= 15 is 0 Å². The molecule has 0 saturated carbocycles. The smallest absolute Gasteiger partial charge is 0.239 e. The molecular weight excluding hydrogens is 333 g/mol. The highest BCUT2D eigenvalue weighted by atomic mass is 19.2. The fourth-order valence-corrected chi connectivity index (χ4v) is 2.00. The van der Waals surface area contributed by atoms with Crippen LogP contribution in [0.15, 0.2) is 42.5 Å². The number of rotatable bonds is 5. The summed E-state index contributed by atoms with van der Waals surface area (Å²) in [6, 6.07) is 8.82. The molecule has 2 aromatic rings. The van der Waals surface area contributed by atoms with Crippen molar-refractivity contribution in [1.29, 1.82) is 0 Å². The highest BCUT2D eigenvalue weighted by Gasteiger charge is 2.36. The fraction of sp³-hybridized carbons (Fsp3) is 0.222. The molecule has 0 spiro atoms. The Labute approximate surface area is 143 Å². The summed E-state index contributed by atoms with van der Waals surface area (Å²) in [5.41, 5.74) is -1.19. The number of amides is 2. The Bertz CT molecular complexity index is 807. The maximum Gasteiger partial charge on any atom is 0.239 e. The van der Waals surface area contributed by atoms with E-state index in [1.165, 1.54) is 38.1 Å². The van der Waals surface area contributed by atoms with Gasteiger partial charge in [0.05, 0.1) is 0 Å². The second kappa shape index (κ2) is 7.38. The highest BCUT2D eigenvalue weighted by Crippen LogP contribution is 2.21. The van der Waals surface area contributed by atoms with Crippen LogP contribution in [0.25, 0.3) is 0 Å². The van der Waals surface area contributed by atoms with Gasteiger partial charge in [-0.3, -0.25) is 9.59 Å². The first-order valence-electron chi connectivity index (χ1n) is 7.50. The van der Waals surface area contributed by atoms with Crippen molar-refractivity contribution in [3.63, 3.8) is 0 Å². The average molecular weight is 350 g/mol. The molecule has 0 aliphatic rings. The zero-order valence-electron chi connectivity index (χ0n) is 13.7. The van der Waals surface area contributed by atoms with Crippen molar-refractivity contribution in [1.82, 2.24) is 5.32 Å². The summed E-state index contributed by atoms with van der Waals surface area (Å²) < 4.78 is 39.7. The molecular formula is C18H17F3N2O2. The Morgan fingerprint density at radius 3 is 2.24 bits per heavy atom. The quantitative estimate of drug-likeness (QED) is 0.812. The zero-order valence-corrected chi connectivity index (χ0v) is 13.7. The van der Waals surface area contributed by atoms with Crippen LogP contribution in [-0.2, 0) is 16.1 Å². The summed E-state index contributed by atoms with van der Waals surface area (Å²) in [5.74, 6) is -3.95. The molecule has 0 saturated heterocycles. The molecule has 4 nitrogen and oxygen atoms in total. The van der Waals surface area contributed by atoms with Gasteiger partial charge in [0.1, 0.15) is 11.2 Å². The summed E-state index contributed by atoms with van der Waals surface area (Å²) in [4.78, 5) is 24.6. The molecule has 0 aliphatic heterocycles. The summed E-state index contributed by atoms with van der Waals surface area (Å²) in [6.45, 7) is 2.67. The van der Waals surface area contributed by atoms with Gasteiger partial charge in [-0.15, -0.1) is 0 Å². The maximum atomic E-state index is 13.6. The van der Waals surface area contributed by atoms with Crippen LogP contribution in [-0.4, -0.2) is 11.8 Å². The third-order valence-corrected chi connectivity index (χ3v) is 3.71. The van der Waals surface area contributed by atoms with Crippen LogP contribution in [0.5, 0.6) is 0 Å². The molecule has 0 aliphatic carbocycles. The van der Waals surface area contributed by atoms with Gasteiger partial charge in [-0.05, 0) is 32.0 Å². The third-order valence-electron chi connectivity index (χ3n) is 3.71. The van der Waals surface area contributed by atoms with Crippen LogP contribution in [0.2, 0.25) is 0 Å². The summed E-state index contributed by atoms with van der Waals surface area (Å²) in [7, 11) is 0. The molecule has 0 unspecified atom stereocenters. The molecule has 2 amide bonds. The van der Waals surface area contributed by atoms with Gasteiger partial charge < -0.3 is 10.6 Å². The lowest BCUT2D eigenvalue weighted by Gasteiger charge is -2.23. The van der Waals surface area contributed by atoms with Gasteiger partial charge in [-0.2, -0.15) is 0 Å². The largest absolute Gasteiger partial charge is 0.351 e. The van der Waals surface area contributed by atoms with E-state index in [9.17, 15) is 22.8 Å². The SMILES string of the molecule is CC(C)(C(=O)NCc1ccccc1F)C(=O)Nc1ccc(F)c(F)c1.